The van der Waals surface area contributed by atoms with Gasteiger partial charge in [0.1, 0.15) is 0 Å². The van der Waals surface area contributed by atoms with Crippen LogP contribution in [0.2, 0.25) is 0 Å². The van der Waals surface area contributed by atoms with Crippen LogP contribution in [0.4, 0.5) is 5.69 Å². The van der Waals surface area contributed by atoms with Crippen LogP contribution < -0.4 is 10.6 Å². The van der Waals surface area contributed by atoms with Crippen molar-refractivity contribution in [3.63, 3.8) is 0 Å². The van der Waals surface area contributed by atoms with Gasteiger partial charge < -0.3 is 10.6 Å². The Labute approximate surface area is 172 Å². The van der Waals surface area contributed by atoms with Crippen molar-refractivity contribution in [3.05, 3.63) is 88.1 Å². The van der Waals surface area contributed by atoms with E-state index in [2.05, 4.69) is 27.5 Å². The molecule has 3 aromatic rings. The zero-order valence-corrected chi connectivity index (χ0v) is 17.0. The number of anilines is 1. The van der Waals surface area contributed by atoms with Crippen molar-refractivity contribution in [1.82, 2.24) is 5.32 Å². The van der Waals surface area contributed by atoms with Gasteiger partial charge in [-0.25, -0.2) is 0 Å². The number of amides is 2. The number of rotatable bonds is 7. The third-order valence-corrected chi connectivity index (χ3v) is 5.82. The summed E-state index contributed by atoms with van der Waals surface area (Å²) < 4.78 is 0. The predicted octanol–water partition coefficient (Wildman–Crippen LogP) is 5.05. The SMILES string of the molecule is CNC(=O)c1ccc(C=CC(=O)Nc2ccccc2SCc2ccsc2)cc1. The van der Waals surface area contributed by atoms with Crippen molar-refractivity contribution in [1.29, 1.82) is 0 Å². The van der Waals surface area contributed by atoms with Crippen LogP contribution in [0.5, 0.6) is 0 Å². The van der Waals surface area contributed by atoms with Gasteiger partial charge in [0.15, 0.2) is 0 Å². The molecule has 0 aliphatic heterocycles. The average Bonchev–Trinajstić information content (AvgIpc) is 3.25. The molecule has 0 aliphatic rings. The summed E-state index contributed by atoms with van der Waals surface area (Å²) in [7, 11) is 1.59. The molecule has 0 saturated heterocycles. The molecule has 3 rings (SSSR count). The van der Waals surface area contributed by atoms with Crippen LogP contribution in [-0.4, -0.2) is 18.9 Å². The molecule has 1 heterocycles. The first-order chi connectivity index (χ1) is 13.7. The van der Waals surface area contributed by atoms with Crippen LogP contribution >= 0.6 is 23.1 Å². The Hall–Kier alpha value is -2.83. The van der Waals surface area contributed by atoms with E-state index in [1.807, 2.05) is 24.3 Å². The van der Waals surface area contributed by atoms with Crippen LogP contribution in [0.25, 0.3) is 6.08 Å². The molecule has 6 heteroatoms. The molecule has 0 aliphatic carbocycles. The standard InChI is InChI=1S/C22H20N2O2S2/c1-23-22(26)18-9-6-16(7-10-18)8-11-21(25)24-19-4-2-3-5-20(19)28-15-17-12-13-27-14-17/h2-14H,15H2,1H3,(H,23,26)(H,24,25). The molecule has 0 spiro atoms. The molecule has 0 saturated carbocycles. The van der Waals surface area contributed by atoms with Gasteiger partial charge >= 0.3 is 0 Å². The highest BCUT2D eigenvalue weighted by molar-refractivity contribution is 7.98. The minimum absolute atomic E-state index is 0.134. The van der Waals surface area contributed by atoms with E-state index >= 15 is 0 Å². The summed E-state index contributed by atoms with van der Waals surface area (Å²) >= 11 is 3.38. The van der Waals surface area contributed by atoms with E-state index in [9.17, 15) is 9.59 Å². The van der Waals surface area contributed by atoms with Gasteiger partial charge in [0.2, 0.25) is 5.91 Å². The Kier molecular flexibility index (Phi) is 7.06. The van der Waals surface area contributed by atoms with Crippen molar-refractivity contribution in [2.75, 3.05) is 12.4 Å². The van der Waals surface area contributed by atoms with Gasteiger partial charge in [0.25, 0.3) is 5.91 Å². The molecular formula is C22H20N2O2S2. The summed E-state index contributed by atoms with van der Waals surface area (Å²) in [6.45, 7) is 0. The van der Waals surface area contributed by atoms with E-state index in [0.29, 0.717) is 5.56 Å². The zero-order chi connectivity index (χ0) is 19.8. The number of hydrogen-bond donors (Lipinski definition) is 2. The lowest BCUT2D eigenvalue weighted by Gasteiger charge is -2.09. The van der Waals surface area contributed by atoms with E-state index in [1.54, 1.807) is 60.5 Å². The molecule has 0 bridgehead atoms. The molecular weight excluding hydrogens is 388 g/mol. The van der Waals surface area contributed by atoms with Crippen LogP contribution in [0.1, 0.15) is 21.5 Å². The predicted molar refractivity (Wildman–Crippen MR) is 118 cm³/mol. The van der Waals surface area contributed by atoms with Gasteiger partial charge in [0.05, 0.1) is 5.69 Å². The number of carbonyl (C=O) groups excluding carboxylic acids is 2. The fourth-order valence-electron chi connectivity index (χ4n) is 2.47. The lowest BCUT2D eigenvalue weighted by molar-refractivity contribution is -0.111. The van der Waals surface area contributed by atoms with Gasteiger partial charge in [0, 0.05) is 29.3 Å². The smallest absolute Gasteiger partial charge is 0.251 e. The highest BCUT2D eigenvalue weighted by atomic mass is 32.2. The minimum atomic E-state index is -0.195. The summed E-state index contributed by atoms with van der Waals surface area (Å²) in [5.41, 5.74) is 3.51. The molecule has 142 valence electrons. The first kappa shape index (κ1) is 19.9. The second-order valence-electron chi connectivity index (χ2n) is 5.94. The Morgan fingerprint density at radius 3 is 2.57 bits per heavy atom. The van der Waals surface area contributed by atoms with E-state index in [-0.39, 0.29) is 11.8 Å². The first-order valence-electron chi connectivity index (χ1n) is 8.70. The van der Waals surface area contributed by atoms with Gasteiger partial charge in [-0.2, -0.15) is 11.3 Å². The van der Waals surface area contributed by atoms with Crippen molar-refractivity contribution in [2.45, 2.75) is 10.6 Å². The summed E-state index contributed by atoms with van der Waals surface area (Å²) in [6, 6.07) is 17.0. The second-order valence-corrected chi connectivity index (χ2v) is 7.74. The van der Waals surface area contributed by atoms with Gasteiger partial charge in [-0.1, -0.05) is 24.3 Å². The van der Waals surface area contributed by atoms with Crippen LogP contribution in [0, 0.1) is 0 Å². The summed E-state index contributed by atoms with van der Waals surface area (Å²) in [6.07, 6.45) is 3.22. The molecule has 0 fully saturated rings. The molecule has 2 aromatic carbocycles. The molecule has 2 amide bonds. The van der Waals surface area contributed by atoms with E-state index < -0.39 is 0 Å². The zero-order valence-electron chi connectivity index (χ0n) is 15.3. The van der Waals surface area contributed by atoms with Crippen LogP contribution in [0.15, 0.2) is 76.3 Å². The number of carbonyl (C=O) groups is 2. The van der Waals surface area contributed by atoms with Crippen molar-refractivity contribution in [2.24, 2.45) is 0 Å². The maximum atomic E-state index is 12.3. The molecule has 0 atom stereocenters. The summed E-state index contributed by atoms with van der Waals surface area (Å²) in [4.78, 5) is 24.9. The first-order valence-corrected chi connectivity index (χ1v) is 10.6. The molecule has 0 unspecified atom stereocenters. The lowest BCUT2D eigenvalue weighted by Crippen LogP contribution is -2.17. The Bertz CT molecular complexity index is 964. The number of benzene rings is 2. The molecule has 28 heavy (non-hydrogen) atoms. The summed E-state index contributed by atoms with van der Waals surface area (Å²) in [5, 5.41) is 9.72. The largest absolute Gasteiger partial charge is 0.355 e. The number of thioether (sulfide) groups is 1. The maximum Gasteiger partial charge on any atom is 0.251 e. The van der Waals surface area contributed by atoms with Gasteiger partial charge in [-0.3, -0.25) is 9.59 Å². The van der Waals surface area contributed by atoms with Crippen LogP contribution in [-0.2, 0) is 10.5 Å². The topological polar surface area (TPSA) is 58.2 Å². The fraction of sp³-hybridized carbons (Fsp3) is 0.0909. The monoisotopic (exact) mass is 408 g/mol. The van der Waals surface area contributed by atoms with Gasteiger partial charge in [-0.15, -0.1) is 11.8 Å². The van der Waals surface area contributed by atoms with Gasteiger partial charge in [-0.05, 0) is 58.3 Å². The molecule has 2 N–H and O–H groups in total. The summed E-state index contributed by atoms with van der Waals surface area (Å²) in [5.74, 6) is 0.535. The normalized spacial score (nSPS) is 10.8. The second kappa shape index (κ2) is 9.92. The molecule has 0 radical (unpaired) electrons. The number of nitrogens with one attached hydrogen (secondary N) is 2. The van der Waals surface area contributed by atoms with Crippen molar-refractivity contribution >= 4 is 46.7 Å². The quantitative estimate of drug-likeness (QED) is 0.425. The Morgan fingerprint density at radius 2 is 1.86 bits per heavy atom. The van der Waals surface area contributed by atoms with E-state index in [0.717, 1.165) is 21.9 Å². The number of thiophene rings is 1. The van der Waals surface area contributed by atoms with E-state index in [1.165, 1.54) is 11.6 Å². The van der Waals surface area contributed by atoms with E-state index in [4.69, 9.17) is 0 Å². The lowest BCUT2D eigenvalue weighted by atomic mass is 10.1. The fourth-order valence-corrected chi connectivity index (χ4v) is 4.19. The Morgan fingerprint density at radius 1 is 1.07 bits per heavy atom. The number of para-hydroxylation sites is 1. The highest BCUT2D eigenvalue weighted by Crippen LogP contribution is 2.30. The van der Waals surface area contributed by atoms with Crippen LogP contribution in [0.3, 0.4) is 0 Å². The van der Waals surface area contributed by atoms with Crippen molar-refractivity contribution in [3.8, 4) is 0 Å². The maximum absolute atomic E-state index is 12.3. The van der Waals surface area contributed by atoms with Crippen molar-refractivity contribution < 1.29 is 9.59 Å². The average molecular weight is 409 g/mol. The molecule has 1 aromatic heterocycles. The minimum Gasteiger partial charge on any atom is -0.355 e. The third kappa shape index (κ3) is 5.58. The Balaban J connectivity index is 1.61. The highest BCUT2D eigenvalue weighted by Gasteiger charge is 2.06. The number of hydrogen-bond acceptors (Lipinski definition) is 4. The molecule has 4 nitrogen and oxygen atoms in total. The third-order valence-electron chi connectivity index (χ3n) is 3.95.